The molecule has 1 aliphatic rings. The lowest BCUT2D eigenvalue weighted by atomic mass is 10.2. The Hall–Kier alpha value is -0.120. The third-order valence-electron chi connectivity index (χ3n) is 1.84. The fraction of sp³-hybridized carbons (Fsp3) is 1.00. The standard InChI is InChI=1S/C8H18N2O/c1-7-6-11-8(4-9-7)5-10(2)3/h7-9H,4-6H2,1-3H3/t7-,8-/m0/s1. The second-order valence-corrected chi connectivity index (χ2v) is 3.53. The molecule has 0 aromatic heterocycles. The second kappa shape index (κ2) is 4.04. The predicted octanol–water partition coefficient (Wildman–Crippen LogP) is -0.0751. The van der Waals surface area contributed by atoms with Gasteiger partial charge in [-0.2, -0.15) is 0 Å². The van der Waals surface area contributed by atoms with Gasteiger partial charge in [-0.3, -0.25) is 0 Å². The summed E-state index contributed by atoms with van der Waals surface area (Å²) in [5, 5.41) is 3.39. The van der Waals surface area contributed by atoms with Gasteiger partial charge in [-0.15, -0.1) is 0 Å². The average Bonchev–Trinajstić information content (AvgIpc) is 1.93. The van der Waals surface area contributed by atoms with E-state index < -0.39 is 0 Å². The fourth-order valence-electron chi connectivity index (χ4n) is 1.26. The molecule has 2 atom stereocenters. The van der Waals surface area contributed by atoms with Gasteiger partial charge in [0, 0.05) is 19.1 Å². The number of ether oxygens (including phenoxy) is 1. The monoisotopic (exact) mass is 158 g/mol. The van der Waals surface area contributed by atoms with Crippen LogP contribution in [0, 0.1) is 0 Å². The molecule has 0 aromatic rings. The maximum atomic E-state index is 5.60. The van der Waals surface area contributed by atoms with Gasteiger partial charge >= 0.3 is 0 Å². The summed E-state index contributed by atoms with van der Waals surface area (Å²) in [6.45, 7) is 4.99. The number of hydrogen-bond donors (Lipinski definition) is 1. The molecule has 0 saturated carbocycles. The minimum absolute atomic E-state index is 0.376. The fourth-order valence-corrected chi connectivity index (χ4v) is 1.26. The highest BCUT2D eigenvalue weighted by molar-refractivity contribution is 4.73. The molecule has 0 radical (unpaired) electrons. The summed E-state index contributed by atoms with van der Waals surface area (Å²) >= 11 is 0. The Morgan fingerprint density at radius 3 is 2.73 bits per heavy atom. The molecule has 1 N–H and O–H groups in total. The molecule has 1 heterocycles. The zero-order chi connectivity index (χ0) is 8.27. The largest absolute Gasteiger partial charge is 0.374 e. The van der Waals surface area contributed by atoms with Crippen molar-refractivity contribution >= 4 is 0 Å². The van der Waals surface area contributed by atoms with Gasteiger partial charge in [-0.1, -0.05) is 0 Å². The molecule has 0 bridgehead atoms. The lowest BCUT2D eigenvalue weighted by Crippen LogP contribution is -2.48. The Morgan fingerprint density at radius 2 is 2.27 bits per heavy atom. The highest BCUT2D eigenvalue weighted by Crippen LogP contribution is 2.00. The SMILES string of the molecule is C[C@H]1CO[C@H](CN(C)C)CN1. The summed E-state index contributed by atoms with van der Waals surface area (Å²) in [5.74, 6) is 0. The normalized spacial score (nSPS) is 32.7. The van der Waals surface area contributed by atoms with Gasteiger partial charge in [-0.05, 0) is 21.0 Å². The first-order valence-electron chi connectivity index (χ1n) is 4.18. The first-order chi connectivity index (χ1) is 5.18. The molecule has 0 unspecified atom stereocenters. The van der Waals surface area contributed by atoms with E-state index in [0.717, 1.165) is 19.7 Å². The van der Waals surface area contributed by atoms with E-state index in [-0.39, 0.29) is 0 Å². The third-order valence-corrected chi connectivity index (χ3v) is 1.84. The number of morpholine rings is 1. The van der Waals surface area contributed by atoms with Gasteiger partial charge < -0.3 is 15.0 Å². The van der Waals surface area contributed by atoms with E-state index in [4.69, 9.17) is 4.74 Å². The van der Waals surface area contributed by atoms with E-state index in [1.165, 1.54) is 0 Å². The Morgan fingerprint density at radius 1 is 1.55 bits per heavy atom. The van der Waals surface area contributed by atoms with Crippen LogP contribution in [0.3, 0.4) is 0 Å². The van der Waals surface area contributed by atoms with Crippen LogP contribution >= 0.6 is 0 Å². The molecule has 1 rings (SSSR count). The summed E-state index contributed by atoms with van der Waals surface area (Å²) in [5.41, 5.74) is 0. The molecule has 3 nitrogen and oxygen atoms in total. The van der Waals surface area contributed by atoms with Crippen LogP contribution in [0.5, 0.6) is 0 Å². The lowest BCUT2D eigenvalue weighted by Gasteiger charge is -2.29. The quantitative estimate of drug-likeness (QED) is 0.608. The first kappa shape index (κ1) is 8.97. The predicted molar refractivity (Wildman–Crippen MR) is 45.8 cm³/mol. The number of nitrogens with one attached hydrogen (secondary N) is 1. The average molecular weight is 158 g/mol. The van der Waals surface area contributed by atoms with Crippen LogP contribution in [0.25, 0.3) is 0 Å². The molecule has 1 saturated heterocycles. The van der Waals surface area contributed by atoms with Gasteiger partial charge in [0.1, 0.15) is 0 Å². The Kier molecular flexibility index (Phi) is 3.30. The zero-order valence-corrected chi connectivity index (χ0v) is 7.63. The van der Waals surface area contributed by atoms with Crippen LogP contribution in [0.1, 0.15) is 6.92 Å². The van der Waals surface area contributed by atoms with E-state index in [0.29, 0.717) is 12.1 Å². The van der Waals surface area contributed by atoms with E-state index >= 15 is 0 Å². The summed E-state index contributed by atoms with van der Waals surface area (Å²) in [6.07, 6.45) is 0.376. The maximum Gasteiger partial charge on any atom is 0.0826 e. The Labute approximate surface area is 68.7 Å². The number of nitrogens with zero attached hydrogens (tertiary/aromatic N) is 1. The highest BCUT2D eigenvalue weighted by atomic mass is 16.5. The zero-order valence-electron chi connectivity index (χ0n) is 7.63. The topological polar surface area (TPSA) is 24.5 Å². The van der Waals surface area contributed by atoms with Crippen LogP contribution in [-0.2, 0) is 4.74 Å². The molecule has 0 spiro atoms. The summed E-state index contributed by atoms with van der Waals surface area (Å²) in [4.78, 5) is 2.16. The number of likely N-dealkylation sites (N-methyl/N-ethyl adjacent to an activating group) is 1. The number of hydrogen-bond acceptors (Lipinski definition) is 3. The van der Waals surface area contributed by atoms with Crippen LogP contribution in [0.2, 0.25) is 0 Å². The smallest absolute Gasteiger partial charge is 0.0826 e. The Bertz CT molecular complexity index is 109. The van der Waals surface area contributed by atoms with Crippen molar-refractivity contribution in [3.05, 3.63) is 0 Å². The molecule has 11 heavy (non-hydrogen) atoms. The van der Waals surface area contributed by atoms with Gasteiger partial charge in [0.15, 0.2) is 0 Å². The van der Waals surface area contributed by atoms with Crippen LogP contribution < -0.4 is 5.32 Å². The molecule has 0 aliphatic carbocycles. The number of rotatable bonds is 2. The van der Waals surface area contributed by atoms with Gasteiger partial charge in [0.25, 0.3) is 0 Å². The van der Waals surface area contributed by atoms with Crippen molar-refractivity contribution in [3.63, 3.8) is 0 Å². The van der Waals surface area contributed by atoms with Crippen molar-refractivity contribution in [1.29, 1.82) is 0 Å². The molecule has 1 fully saturated rings. The maximum absolute atomic E-state index is 5.60. The van der Waals surface area contributed by atoms with Crippen LogP contribution in [0.4, 0.5) is 0 Å². The molecule has 1 aliphatic heterocycles. The van der Waals surface area contributed by atoms with Gasteiger partial charge in [0.05, 0.1) is 12.7 Å². The van der Waals surface area contributed by atoms with E-state index in [2.05, 4.69) is 31.2 Å². The van der Waals surface area contributed by atoms with Gasteiger partial charge in [-0.25, -0.2) is 0 Å². The van der Waals surface area contributed by atoms with Gasteiger partial charge in [0.2, 0.25) is 0 Å². The lowest BCUT2D eigenvalue weighted by molar-refractivity contribution is -0.00440. The van der Waals surface area contributed by atoms with E-state index in [1.54, 1.807) is 0 Å². The molecule has 66 valence electrons. The minimum atomic E-state index is 0.376. The molecule has 3 heteroatoms. The first-order valence-corrected chi connectivity index (χ1v) is 4.18. The van der Waals surface area contributed by atoms with E-state index in [9.17, 15) is 0 Å². The van der Waals surface area contributed by atoms with Crippen LogP contribution in [0.15, 0.2) is 0 Å². The summed E-state index contributed by atoms with van der Waals surface area (Å²) < 4.78 is 5.60. The molecule has 0 aromatic carbocycles. The van der Waals surface area contributed by atoms with Crippen molar-refractivity contribution in [2.45, 2.75) is 19.1 Å². The molecular weight excluding hydrogens is 140 g/mol. The Balaban J connectivity index is 2.17. The minimum Gasteiger partial charge on any atom is -0.374 e. The third kappa shape index (κ3) is 3.18. The highest BCUT2D eigenvalue weighted by Gasteiger charge is 2.17. The second-order valence-electron chi connectivity index (χ2n) is 3.53. The molecule has 0 amide bonds. The van der Waals surface area contributed by atoms with Crippen molar-refractivity contribution < 1.29 is 4.74 Å². The van der Waals surface area contributed by atoms with Crippen molar-refractivity contribution in [1.82, 2.24) is 10.2 Å². The van der Waals surface area contributed by atoms with Crippen molar-refractivity contribution in [2.75, 3.05) is 33.8 Å². The van der Waals surface area contributed by atoms with Crippen LogP contribution in [-0.4, -0.2) is 50.8 Å². The van der Waals surface area contributed by atoms with Crippen molar-refractivity contribution in [3.8, 4) is 0 Å². The summed E-state index contributed by atoms with van der Waals surface area (Å²) in [6, 6.07) is 0.522. The van der Waals surface area contributed by atoms with Crippen molar-refractivity contribution in [2.24, 2.45) is 0 Å². The molecular formula is C8H18N2O. The van der Waals surface area contributed by atoms with E-state index in [1.807, 2.05) is 0 Å². The summed E-state index contributed by atoms with van der Waals surface area (Å²) in [7, 11) is 4.14.